The van der Waals surface area contributed by atoms with E-state index in [0.29, 0.717) is 25.5 Å². The van der Waals surface area contributed by atoms with Crippen molar-refractivity contribution in [3.8, 4) is 16.9 Å². The summed E-state index contributed by atoms with van der Waals surface area (Å²) in [6, 6.07) is 13.9. The van der Waals surface area contributed by atoms with Crippen LogP contribution in [0.2, 0.25) is 0 Å². The Bertz CT molecular complexity index is 1640. The van der Waals surface area contributed by atoms with Crippen LogP contribution in [-0.2, 0) is 16.1 Å². The molecule has 0 saturated heterocycles. The monoisotopic (exact) mass is 687 g/mol. The second-order valence-electron chi connectivity index (χ2n) is 14.3. The van der Waals surface area contributed by atoms with Gasteiger partial charge < -0.3 is 18.9 Å². The maximum Gasteiger partial charge on any atom is 0.254 e. The number of nitrogens with zero attached hydrogens (tertiary/aromatic N) is 4. The largest absolute Gasteiger partial charge is 0.487 e. The zero-order chi connectivity index (χ0) is 35.1. The maximum absolute atomic E-state index is 14.0. The molecule has 1 saturated carbocycles. The van der Waals surface area contributed by atoms with E-state index < -0.39 is 11.6 Å². The van der Waals surface area contributed by atoms with Crippen LogP contribution in [0.3, 0.4) is 0 Å². The number of anilines is 1. The molecule has 9 nitrogen and oxygen atoms in total. The third-order valence-electron chi connectivity index (χ3n) is 9.22. The van der Waals surface area contributed by atoms with Crippen LogP contribution >= 0.6 is 11.9 Å². The Balaban J connectivity index is 1.40. The number of carbonyl (C=O) groups excluding carboxylic acids is 2. The van der Waals surface area contributed by atoms with E-state index in [1.165, 1.54) is 11.9 Å². The highest BCUT2D eigenvalue weighted by atomic mass is 32.2. The van der Waals surface area contributed by atoms with Crippen molar-refractivity contribution >= 4 is 35.4 Å². The molecule has 1 atom stereocenters. The Morgan fingerprint density at radius 1 is 1.08 bits per heavy atom. The third kappa shape index (κ3) is 9.07. The fourth-order valence-electron chi connectivity index (χ4n) is 6.51. The fourth-order valence-corrected chi connectivity index (χ4v) is 7.35. The summed E-state index contributed by atoms with van der Waals surface area (Å²) in [5.74, 6) is 3.30. The molecule has 10 heteroatoms. The number of amidine groups is 1. The van der Waals surface area contributed by atoms with Crippen LogP contribution in [0.1, 0.15) is 103 Å². The number of aromatic nitrogens is 1. The fraction of sp³-hybridized carbons (Fsp3) is 0.538. The zero-order valence-electron chi connectivity index (χ0n) is 30.3. The molecule has 1 aromatic heterocycles. The van der Waals surface area contributed by atoms with Gasteiger partial charge in [-0.3, -0.25) is 19.5 Å². The van der Waals surface area contributed by atoms with E-state index in [2.05, 4.69) is 54.1 Å². The zero-order valence-corrected chi connectivity index (χ0v) is 31.1. The predicted octanol–water partition coefficient (Wildman–Crippen LogP) is 8.98. The van der Waals surface area contributed by atoms with Crippen LogP contribution in [0.15, 0.2) is 56.9 Å². The summed E-state index contributed by atoms with van der Waals surface area (Å²) in [7, 11) is 0. The van der Waals surface area contributed by atoms with Crippen molar-refractivity contribution < 1.29 is 18.8 Å². The summed E-state index contributed by atoms with van der Waals surface area (Å²) in [5.41, 5.74) is 3.48. The second kappa shape index (κ2) is 16.3. The summed E-state index contributed by atoms with van der Waals surface area (Å²) < 4.78 is 15.3. The Morgan fingerprint density at radius 3 is 2.51 bits per heavy atom. The van der Waals surface area contributed by atoms with E-state index in [-0.39, 0.29) is 17.7 Å². The highest BCUT2D eigenvalue weighted by molar-refractivity contribution is 8.00. The molecule has 1 unspecified atom stereocenters. The van der Waals surface area contributed by atoms with Gasteiger partial charge in [-0.05, 0) is 89.9 Å². The van der Waals surface area contributed by atoms with E-state index in [0.717, 1.165) is 95.9 Å². The minimum Gasteiger partial charge on any atom is -0.487 e. The number of carbonyl (C=O) groups is 2. The lowest BCUT2D eigenvalue weighted by Crippen LogP contribution is -2.44. The van der Waals surface area contributed by atoms with E-state index >= 15 is 0 Å². The molecule has 49 heavy (non-hydrogen) atoms. The lowest BCUT2D eigenvalue weighted by molar-refractivity contribution is -0.136. The Hall–Kier alpha value is -3.79. The molecule has 1 aliphatic carbocycles. The van der Waals surface area contributed by atoms with E-state index in [1.807, 2.05) is 56.6 Å². The third-order valence-corrected chi connectivity index (χ3v) is 10.1. The summed E-state index contributed by atoms with van der Waals surface area (Å²) in [5, 5.41) is 4.15. The smallest absolute Gasteiger partial charge is 0.254 e. The molecule has 2 heterocycles. The number of benzene rings is 2. The average Bonchev–Trinajstić information content (AvgIpc) is 3.79. The summed E-state index contributed by atoms with van der Waals surface area (Å²) in [4.78, 5) is 37.2. The molecule has 3 aromatic rings. The van der Waals surface area contributed by atoms with Crippen molar-refractivity contribution in [1.82, 2.24) is 15.0 Å². The number of hydrogen-bond acceptors (Lipinski definition) is 8. The van der Waals surface area contributed by atoms with Crippen molar-refractivity contribution in [2.45, 2.75) is 123 Å². The van der Waals surface area contributed by atoms with Crippen molar-refractivity contribution in [2.75, 3.05) is 17.8 Å². The van der Waals surface area contributed by atoms with Gasteiger partial charge in [-0.25, -0.2) is 0 Å². The lowest BCUT2D eigenvalue weighted by atomic mass is 10.0. The molecular formula is C39H53N5O4S. The molecule has 1 N–H and O–H groups in total. The summed E-state index contributed by atoms with van der Waals surface area (Å²) >= 11 is 1.48. The number of unbranched alkanes of at least 4 members (excludes halogenated alkanes) is 1. The quantitative estimate of drug-likeness (QED) is 0.159. The Morgan fingerprint density at radius 2 is 1.84 bits per heavy atom. The first-order valence-corrected chi connectivity index (χ1v) is 18.7. The Labute approximate surface area is 296 Å². The maximum atomic E-state index is 14.0. The number of aliphatic imine (C=N–C) groups is 1. The molecule has 0 radical (unpaired) electrons. The van der Waals surface area contributed by atoms with Crippen LogP contribution < -0.4 is 9.46 Å². The van der Waals surface area contributed by atoms with E-state index in [1.54, 1.807) is 0 Å². The molecule has 2 aliphatic rings. The van der Waals surface area contributed by atoms with E-state index in [9.17, 15) is 9.59 Å². The lowest BCUT2D eigenvalue weighted by Gasteiger charge is -2.27. The van der Waals surface area contributed by atoms with E-state index in [4.69, 9.17) is 14.3 Å². The topological polar surface area (TPSA) is 100 Å². The van der Waals surface area contributed by atoms with Gasteiger partial charge in [-0.2, -0.15) is 0 Å². The van der Waals surface area contributed by atoms with Gasteiger partial charge in [-0.15, -0.1) is 0 Å². The van der Waals surface area contributed by atoms with Gasteiger partial charge in [0.2, 0.25) is 5.91 Å². The molecule has 264 valence electrons. The van der Waals surface area contributed by atoms with Crippen molar-refractivity contribution in [3.05, 3.63) is 59.4 Å². The first-order chi connectivity index (χ1) is 23.5. The number of rotatable bonds is 15. The number of hydrogen-bond donors (Lipinski definition) is 1. The highest BCUT2D eigenvalue weighted by Gasteiger charge is 2.37. The van der Waals surface area contributed by atoms with Crippen molar-refractivity contribution in [3.63, 3.8) is 0 Å². The Kier molecular flexibility index (Phi) is 12.1. The van der Waals surface area contributed by atoms with Gasteiger partial charge in [-0.1, -0.05) is 68.6 Å². The van der Waals surface area contributed by atoms with Gasteiger partial charge in [0.1, 0.15) is 29.0 Å². The highest BCUT2D eigenvalue weighted by Crippen LogP contribution is 2.40. The van der Waals surface area contributed by atoms with Gasteiger partial charge >= 0.3 is 0 Å². The second-order valence-corrected chi connectivity index (χ2v) is 15.2. The molecule has 5 rings (SSSR count). The predicted molar refractivity (Wildman–Crippen MR) is 198 cm³/mol. The average molecular weight is 688 g/mol. The van der Waals surface area contributed by atoms with Crippen molar-refractivity contribution in [1.29, 1.82) is 0 Å². The number of amides is 2. The van der Waals surface area contributed by atoms with Crippen LogP contribution in [-0.4, -0.2) is 57.3 Å². The minimum atomic E-state index is -0.568. The summed E-state index contributed by atoms with van der Waals surface area (Å²) in [6.45, 7) is 15.6. The minimum absolute atomic E-state index is 0.0278. The number of nitrogens with one attached hydrogen (secondary N) is 1. The molecule has 0 spiro atoms. The van der Waals surface area contributed by atoms with Crippen LogP contribution in [0.4, 0.5) is 5.82 Å². The van der Waals surface area contributed by atoms with Crippen LogP contribution in [0, 0.1) is 19.8 Å². The van der Waals surface area contributed by atoms with Crippen LogP contribution in [0.25, 0.3) is 11.1 Å². The first-order valence-electron chi connectivity index (χ1n) is 17.9. The molecule has 2 aromatic carbocycles. The van der Waals surface area contributed by atoms with Crippen molar-refractivity contribution in [2.24, 2.45) is 10.9 Å². The molecular weight excluding hydrogens is 635 g/mol. The van der Waals surface area contributed by atoms with Gasteiger partial charge in [0.05, 0.1) is 13.1 Å². The molecule has 0 bridgehead atoms. The van der Waals surface area contributed by atoms with Gasteiger partial charge in [0.15, 0.2) is 5.82 Å². The van der Waals surface area contributed by atoms with Crippen LogP contribution in [0.5, 0.6) is 5.75 Å². The van der Waals surface area contributed by atoms with Gasteiger partial charge in [0.25, 0.3) is 5.91 Å². The molecule has 1 aliphatic heterocycles. The molecule has 2 amide bonds. The standard InChI is InChI=1S/C39H53N5O4S/c1-8-10-19-35-40-32(25-43(22-9-2)37(45)29-15-11-12-16-29)38(46)44(35)24-28-20-21-30(33(23-28)47-39(5,6)7)31-17-13-14-18-34(31)49-42-36-26(3)27(4)48-41-36/h13-14,17-18,20-21,23,29,32H,8-12,15-16,19,22,24-25H2,1-7H3,(H,41,42). The van der Waals surface area contributed by atoms with Gasteiger partial charge in [0, 0.05) is 40.5 Å². The molecule has 1 fully saturated rings. The SMILES string of the molecule is CCCCC1=NC(CN(CCC)C(=O)C2CCCC2)C(=O)N1Cc1ccc(-c2ccccc2SNc2noc(C)c2C)c(OC(C)(C)C)c1. The summed E-state index contributed by atoms with van der Waals surface area (Å²) in [6.07, 6.45) is 7.65. The first kappa shape index (κ1) is 36.5. The number of aryl methyl sites for hydroxylation is 1. The normalized spacial score (nSPS) is 16.7. The number of ether oxygens (including phenoxy) is 1.